The van der Waals surface area contributed by atoms with Crippen molar-refractivity contribution in [2.24, 2.45) is 5.92 Å². The SMILES string of the molecule is COc1ccc(CC(=O)N2CCN(C(=O)CCC3CCCCC3)CC2)cc1. The molecule has 1 saturated heterocycles. The maximum Gasteiger partial charge on any atom is 0.227 e. The third-order valence-corrected chi connectivity index (χ3v) is 5.99. The number of amides is 2. The van der Waals surface area contributed by atoms with Gasteiger partial charge in [0.2, 0.25) is 11.8 Å². The first-order valence-corrected chi connectivity index (χ1v) is 10.3. The van der Waals surface area contributed by atoms with Crippen LogP contribution in [-0.4, -0.2) is 54.9 Å². The highest BCUT2D eigenvalue weighted by molar-refractivity contribution is 5.80. The Bertz CT molecular complexity index is 615. The van der Waals surface area contributed by atoms with Crippen LogP contribution in [0.1, 0.15) is 50.5 Å². The molecule has 1 aliphatic carbocycles. The van der Waals surface area contributed by atoms with Crippen molar-refractivity contribution in [3.8, 4) is 5.75 Å². The predicted molar refractivity (Wildman–Crippen MR) is 106 cm³/mol. The van der Waals surface area contributed by atoms with Crippen LogP contribution in [-0.2, 0) is 16.0 Å². The average Bonchev–Trinajstić information content (AvgIpc) is 2.73. The Kier molecular flexibility index (Phi) is 7.13. The number of benzene rings is 1. The minimum absolute atomic E-state index is 0.134. The molecule has 2 fully saturated rings. The molecule has 0 N–H and O–H groups in total. The fourth-order valence-corrected chi connectivity index (χ4v) is 4.20. The highest BCUT2D eigenvalue weighted by atomic mass is 16.5. The molecular weight excluding hydrogens is 340 g/mol. The lowest BCUT2D eigenvalue weighted by Crippen LogP contribution is -2.51. The summed E-state index contributed by atoms with van der Waals surface area (Å²) in [5, 5.41) is 0. The summed E-state index contributed by atoms with van der Waals surface area (Å²) in [4.78, 5) is 28.8. The van der Waals surface area contributed by atoms with E-state index in [4.69, 9.17) is 4.74 Å². The fourth-order valence-electron chi connectivity index (χ4n) is 4.20. The Balaban J connectivity index is 1.39. The third-order valence-electron chi connectivity index (χ3n) is 5.99. The molecule has 2 aliphatic rings. The van der Waals surface area contributed by atoms with Crippen LogP contribution < -0.4 is 4.74 Å². The fraction of sp³-hybridized carbons (Fsp3) is 0.636. The topological polar surface area (TPSA) is 49.9 Å². The van der Waals surface area contributed by atoms with E-state index in [0.29, 0.717) is 39.0 Å². The molecule has 1 saturated carbocycles. The molecule has 148 valence electrons. The molecule has 0 bridgehead atoms. The zero-order valence-corrected chi connectivity index (χ0v) is 16.5. The van der Waals surface area contributed by atoms with Crippen LogP contribution >= 0.6 is 0 Å². The van der Waals surface area contributed by atoms with E-state index in [2.05, 4.69) is 0 Å². The van der Waals surface area contributed by atoms with Gasteiger partial charge >= 0.3 is 0 Å². The van der Waals surface area contributed by atoms with E-state index >= 15 is 0 Å². The quantitative estimate of drug-likeness (QED) is 0.770. The molecule has 0 radical (unpaired) electrons. The van der Waals surface area contributed by atoms with E-state index in [0.717, 1.165) is 23.7 Å². The second kappa shape index (κ2) is 9.77. The van der Waals surface area contributed by atoms with Crippen LogP contribution in [0.2, 0.25) is 0 Å². The molecule has 3 rings (SSSR count). The normalized spacial score (nSPS) is 18.4. The summed E-state index contributed by atoms with van der Waals surface area (Å²) in [6.45, 7) is 2.62. The van der Waals surface area contributed by atoms with Crippen LogP contribution in [0.25, 0.3) is 0 Å². The van der Waals surface area contributed by atoms with E-state index in [1.165, 1.54) is 32.1 Å². The van der Waals surface area contributed by atoms with Crippen LogP contribution in [0.3, 0.4) is 0 Å². The molecule has 0 aromatic heterocycles. The summed E-state index contributed by atoms with van der Waals surface area (Å²) in [7, 11) is 1.64. The number of ether oxygens (including phenoxy) is 1. The van der Waals surface area contributed by atoms with E-state index in [-0.39, 0.29) is 11.8 Å². The second-order valence-electron chi connectivity index (χ2n) is 7.83. The summed E-state index contributed by atoms with van der Waals surface area (Å²) < 4.78 is 5.15. The van der Waals surface area contributed by atoms with Crippen molar-refractivity contribution < 1.29 is 14.3 Å². The van der Waals surface area contributed by atoms with Gasteiger partial charge in [0.25, 0.3) is 0 Å². The Morgan fingerprint density at radius 1 is 0.926 bits per heavy atom. The number of carbonyl (C=O) groups excluding carboxylic acids is 2. The maximum absolute atomic E-state index is 12.5. The predicted octanol–water partition coefficient (Wildman–Crippen LogP) is 3.27. The number of piperazine rings is 1. The van der Waals surface area contributed by atoms with E-state index in [1.54, 1.807) is 7.11 Å². The van der Waals surface area contributed by atoms with Gasteiger partial charge in [-0.2, -0.15) is 0 Å². The molecule has 0 atom stereocenters. The standard InChI is InChI=1S/C22H32N2O3/c1-27-20-10-7-19(8-11-20)17-22(26)24-15-13-23(14-16-24)21(25)12-9-18-5-3-2-4-6-18/h7-8,10-11,18H,2-6,9,12-17H2,1H3. The Morgan fingerprint density at radius 3 is 2.11 bits per heavy atom. The highest BCUT2D eigenvalue weighted by Crippen LogP contribution is 2.27. The van der Waals surface area contributed by atoms with Crippen molar-refractivity contribution in [1.29, 1.82) is 0 Å². The van der Waals surface area contributed by atoms with Gasteiger partial charge in [-0.3, -0.25) is 9.59 Å². The van der Waals surface area contributed by atoms with E-state index in [9.17, 15) is 9.59 Å². The molecule has 1 aliphatic heterocycles. The summed E-state index contributed by atoms with van der Waals surface area (Å²) in [5.41, 5.74) is 0.992. The molecule has 1 aromatic rings. The lowest BCUT2D eigenvalue weighted by atomic mass is 9.86. The molecule has 1 heterocycles. The minimum atomic E-state index is 0.134. The van der Waals surface area contributed by atoms with E-state index < -0.39 is 0 Å². The van der Waals surface area contributed by atoms with Crippen molar-refractivity contribution in [2.45, 2.75) is 51.4 Å². The van der Waals surface area contributed by atoms with Gasteiger partial charge in [-0.1, -0.05) is 44.2 Å². The molecule has 5 heteroatoms. The van der Waals surface area contributed by atoms with Gasteiger partial charge < -0.3 is 14.5 Å². The van der Waals surface area contributed by atoms with Gasteiger partial charge in [-0.15, -0.1) is 0 Å². The van der Waals surface area contributed by atoms with Crippen LogP contribution in [0.5, 0.6) is 5.75 Å². The summed E-state index contributed by atoms with van der Waals surface area (Å²) in [6, 6.07) is 7.63. The van der Waals surface area contributed by atoms with Crippen LogP contribution in [0.4, 0.5) is 0 Å². The van der Waals surface area contributed by atoms with Crippen molar-refractivity contribution in [2.75, 3.05) is 33.3 Å². The monoisotopic (exact) mass is 372 g/mol. The largest absolute Gasteiger partial charge is 0.497 e. The molecule has 1 aromatic carbocycles. The highest BCUT2D eigenvalue weighted by Gasteiger charge is 2.24. The van der Waals surface area contributed by atoms with Gasteiger partial charge in [0.1, 0.15) is 5.75 Å². The maximum atomic E-state index is 12.5. The van der Waals surface area contributed by atoms with Crippen LogP contribution in [0, 0.1) is 5.92 Å². The Morgan fingerprint density at radius 2 is 1.52 bits per heavy atom. The van der Waals surface area contributed by atoms with Gasteiger partial charge in [-0.25, -0.2) is 0 Å². The van der Waals surface area contributed by atoms with Gasteiger partial charge in [0.15, 0.2) is 0 Å². The summed E-state index contributed by atoms with van der Waals surface area (Å²) in [6.07, 6.45) is 8.71. The number of methoxy groups -OCH3 is 1. The van der Waals surface area contributed by atoms with Crippen LogP contribution in [0.15, 0.2) is 24.3 Å². The third kappa shape index (κ3) is 5.72. The summed E-state index contributed by atoms with van der Waals surface area (Å²) >= 11 is 0. The number of hydrogen-bond acceptors (Lipinski definition) is 3. The first-order valence-electron chi connectivity index (χ1n) is 10.3. The number of carbonyl (C=O) groups is 2. The van der Waals surface area contributed by atoms with Gasteiger partial charge in [0, 0.05) is 32.6 Å². The average molecular weight is 373 g/mol. The van der Waals surface area contributed by atoms with Crippen molar-refractivity contribution in [1.82, 2.24) is 9.80 Å². The number of rotatable bonds is 6. The first-order chi connectivity index (χ1) is 13.2. The lowest BCUT2D eigenvalue weighted by molar-refractivity contribution is -0.139. The second-order valence-corrected chi connectivity index (χ2v) is 7.83. The van der Waals surface area contributed by atoms with Crippen molar-refractivity contribution in [3.63, 3.8) is 0 Å². The van der Waals surface area contributed by atoms with Crippen molar-refractivity contribution >= 4 is 11.8 Å². The molecule has 2 amide bonds. The smallest absolute Gasteiger partial charge is 0.227 e. The Hall–Kier alpha value is -2.04. The van der Waals surface area contributed by atoms with Gasteiger partial charge in [0.05, 0.1) is 13.5 Å². The minimum Gasteiger partial charge on any atom is -0.497 e. The molecular formula is C22H32N2O3. The Labute approximate surface area is 162 Å². The number of hydrogen-bond donors (Lipinski definition) is 0. The number of nitrogens with zero attached hydrogens (tertiary/aromatic N) is 2. The van der Waals surface area contributed by atoms with E-state index in [1.807, 2.05) is 34.1 Å². The zero-order chi connectivity index (χ0) is 19.1. The zero-order valence-electron chi connectivity index (χ0n) is 16.5. The first kappa shape index (κ1) is 19.7. The lowest BCUT2D eigenvalue weighted by Gasteiger charge is -2.35. The molecule has 27 heavy (non-hydrogen) atoms. The van der Waals surface area contributed by atoms with Gasteiger partial charge in [-0.05, 0) is 30.0 Å². The summed E-state index contributed by atoms with van der Waals surface area (Å²) in [5.74, 6) is 1.94. The molecule has 0 spiro atoms. The molecule has 5 nitrogen and oxygen atoms in total. The molecule has 0 unspecified atom stereocenters. The van der Waals surface area contributed by atoms with Crippen molar-refractivity contribution in [3.05, 3.63) is 29.8 Å².